The van der Waals surface area contributed by atoms with Crippen LogP contribution in [-0.4, -0.2) is 42.4 Å². The molecule has 0 radical (unpaired) electrons. The highest BCUT2D eigenvalue weighted by Gasteiger charge is 2.18. The number of carbonyl (C=O) groups is 2. The summed E-state index contributed by atoms with van der Waals surface area (Å²) in [6, 6.07) is 9.01. The van der Waals surface area contributed by atoms with Gasteiger partial charge < -0.3 is 15.0 Å². The zero-order valence-corrected chi connectivity index (χ0v) is 15.9. The van der Waals surface area contributed by atoms with Gasteiger partial charge in [-0.1, -0.05) is 6.07 Å². The average molecular weight is 387 g/mol. The second-order valence-corrected chi connectivity index (χ2v) is 7.13. The van der Waals surface area contributed by atoms with Crippen molar-refractivity contribution in [2.75, 3.05) is 26.0 Å². The summed E-state index contributed by atoms with van der Waals surface area (Å²) in [5.74, 6) is 0.0709. The first-order valence-electron chi connectivity index (χ1n) is 7.74. The van der Waals surface area contributed by atoms with E-state index in [-0.39, 0.29) is 18.4 Å². The first-order valence-corrected chi connectivity index (χ1v) is 9.56. The molecule has 0 bridgehead atoms. The van der Waals surface area contributed by atoms with Gasteiger partial charge in [-0.2, -0.15) is 11.3 Å². The van der Waals surface area contributed by atoms with Gasteiger partial charge in [-0.3, -0.25) is 9.59 Å². The van der Waals surface area contributed by atoms with Crippen molar-refractivity contribution in [1.29, 1.82) is 0 Å². The first kappa shape index (κ1) is 18.1. The maximum Gasteiger partial charge on any atom is 0.273 e. The molecule has 0 spiro atoms. The fourth-order valence-electron chi connectivity index (χ4n) is 2.27. The molecule has 8 heteroatoms. The number of hydrogen-bond donors (Lipinski definition) is 1. The standard InChI is InChI=1S/C18H17N3O3S2/c1-21(9-16(22)19-13-4-3-5-14(8-13)24-2)18(23)15-11-26-17(20-15)12-6-7-25-10-12/h3-8,10-11H,9H2,1-2H3,(H,19,22). The lowest BCUT2D eigenvalue weighted by Gasteiger charge is -2.15. The Labute approximate surface area is 159 Å². The molecule has 2 aromatic heterocycles. The third kappa shape index (κ3) is 4.27. The smallest absolute Gasteiger partial charge is 0.273 e. The molecule has 3 rings (SSSR count). The minimum atomic E-state index is -0.289. The van der Waals surface area contributed by atoms with E-state index in [4.69, 9.17) is 4.74 Å². The molecule has 0 fully saturated rings. The van der Waals surface area contributed by atoms with Gasteiger partial charge in [0.1, 0.15) is 16.5 Å². The Hall–Kier alpha value is -2.71. The number of aromatic nitrogens is 1. The summed E-state index contributed by atoms with van der Waals surface area (Å²) in [6.07, 6.45) is 0. The second kappa shape index (κ2) is 8.11. The van der Waals surface area contributed by atoms with Crippen LogP contribution in [0.3, 0.4) is 0 Å². The van der Waals surface area contributed by atoms with Crippen molar-refractivity contribution in [1.82, 2.24) is 9.88 Å². The van der Waals surface area contributed by atoms with Crippen molar-refractivity contribution in [2.24, 2.45) is 0 Å². The normalized spacial score (nSPS) is 10.4. The summed E-state index contributed by atoms with van der Waals surface area (Å²) in [5, 5.41) is 9.21. The number of likely N-dealkylation sites (N-methyl/N-ethyl adjacent to an activating group) is 1. The van der Waals surface area contributed by atoms with Crippen LogP contribution < -0.4 is 10.1 Å². The highest BCUT2D eigenvalue weighted by molar-refractivity contribution is 7.14. The molecule has 0 unspecified atom stereocenters. The molecule has 0 saturated heterocycles. The van der Waals surface area contributed by atoms with E-state index in [1.54, 1.807) is 55.1 Å². The molecule has 0 aliphatic rings. The quantitative estimate of drug-likeness (QED) is 0.702. The molecule has 1 aromatic carbocycles. The Morgan fingerprint density at radius 3 is 2.85 bits per heavy atom. The van der Waals surface area contributed by atoms with Gasteiger partial charge in [0.15, 0.2) is 0 Å². The van der Waals surface area contributed by atoms with E-state index in [1.165, 1.54) is 16.2 Å². The van der Waals surface area contributed by atoms with Crippen molar-refractivity contribution in [3.63, 3.8) is 0 Å². The maximum atomic E-state index is 12.5. The fourth-order valence-corrected chi connectivity index (χ4v) is 3.78. The number of thiazole rings is 1. The fraction of sp³-hybridized carbons (Fsp3) is 0.167. The van der Waals surface area contributed by atoms with Crippen LogP contribution in [0.5, 0.6) is 5.75 Å². The molecule has 2 heterocycles. The SMILES string of the molecule is COc1cccc(NC(=O)CN(C)C(=O)c2csc(-c3ccsc3)n2)c1. The van der Waals surface area contributed by atoms with Crippen LogP contribution in [0.15, 0.2) is 46.5 Å². The van der Waals surface area contributed by atoms with Gasteiger partial charge >= 0.3 is 0 Å². The highest BCUT2D eigenvalue weighted by atomic mass is 32.1. The molecule has 26 heavy (non-hydrogen) atoms. The summed E-state index contributed by atoms with van der Waals surface area (Å²) in [6.45, 7) is -0.0681. The van der Waals surface area contributed by atoms with Crippen molar-refractivity contribution in [3.05, 3.63) is 52.2 Å². The molecular formula is C18H17N3O3S2. The summed E-state index contributed by atoms with van der Waals surface area (Å²) in [5.41, 5.74) is 1.95. The molecule has 1 N–H and O–H groups in total. The van der Waals surface area contributed by atoms with Crippen LogP contribution in [0.4, 0.5) is 5.69 Å². The highest BCUT2D eigenvalue weighted by Crippen LogP contribution is 2.26. The molecule has 0 saturated carbocycles. The van der Waals surface area contributed by atoms with E-state index in [0.29, 0.717) is 17.1 Å². The van der Waals surface area contributed by atoms with Crippen molar-refractivity contribution in [3.8, 4) is 16.3 Å². The number of methoxy groups -OCH3 is 1. The number of nitrogens with one attached hydrogen (secondary N) is 1. The van der Waals surface area contributed by atoms with Gasteiger partial charge in [0, 0.05) is 35.1 Å². The van der Waals surface area contributed by atoms with Gasteiger partial charge in [0.05, 0.1) is 13.7 Å². The Morgan fingerprint density at radius 2 is 2.12 bits per heavy atom. The van der Waals surface area contributed by atoms with Gasteiger partial charge in [-0.25, -0.2) is 4.98 Å². The molecule has 0 atom stereocenters. The predicted molar refractivity (Wildman–Crippen MR) is 104 cm³/mol. The van der Waals surface area contributed by atoms with Crippen LogP contribution in [0.2, 0.25) is 0 Å². The maximum absolute atomic E-state index is 12.5. The van der Waals surface area contributed by atoms with Gasteiger partial charge in [0.25, 0.3) is 5.91 Å². The topological polar surface area (TPSA) is 71.5 Å². The molecular weight excluding hydrogens is 370 g/mol. The van der Waals surface area contributed by atoms with Crippen LogP contribution in [0.1, 0.15) is 10.5 Å². The number of ether oxygens (including phenoxy) is 1. The number of rotatable bonds is 6. The van der Waals surface area contributed by atoms with Crippen LogP contribution in [-0.2, 0) is 4.79 Å². The lowest BCUT2D eigenvalue weighted by molar-refractivity contribution is -0.116. The first-order chi connectivity index (χ1) is 12.6. The summed E-state index contributed by atoms with van der Waals surface area (Å²) in [7, 11) is 3.14. The molecule has 134 valence electrons. The number of hydrogen-bond acceptors (Lipinski definition) is 6. The average Bonchev–Trinajstić information content (AvgIpc) is 3.32. The lowest BCUT2D eigenvalue weighted by Crippen LogP contribution is -2.35. The van der Waals surface area contributed by atoms with Crippen LogP contribution in [0.25, 0.3) is 10.6 Å². The van der Waals surface area contributed by atoms with E-state index >= 15 is 0 Å². The molecule has 2 amide bonds. The van der Waals surface area contributed by atoms with Gasteiger partial charge in [0.2, 0.25) is 5.91 Å². The van der Waals surface area contributed by atoms with Crippen LogP contribution >= 0.6 is 22.7 Å². The Bertz CT molecular complexity index is 906. The zero-order valence-electron chi connectivity index (χ0n) is 14.3. The number of nitrogens with zero attached hydrogens (tertiary/aromatic N) is 2. The van der Waals surface area contributed by atoms with E-state index in [9.17, 15) is 9.59 Å². The number of anilines is 1. The number of benzene rings is 1. The number of thiophene rings is 1. The van der Waals surface area contributed by atoms with Gasteiger partial charge in [-0.05, 0) is 23.6 Å². The molecule has 3 aromatic rings. The Morgan fingerprint density at radius 1 is 1.27 bits per heavy atom. The van der Waals surface area contributed by atoms with E-state index < -0.39 is 0 Å². The third-order valence-corrected chi connectivity index (χ3v) is 5.15. The van der Waals surface area contributed by atoms with Crippen molar-refractivity contribution < 1.29 is 14.3 Å². The summed E-state index contributed by atoms with van der Waals surface area (Å²) in [4.78, 5) is 30.4. The van der Waals surface area contributed by atoms with E-state index in [2.05, 4.69) is 10.3 Å². The van der Waals surface area contributed by atoms with Crippen LogP contribution in [0, 0.1) is 0 Å². The van der Waals surface area contributed by atoms with Crippen molar-refractivity contribution >= 4 is 40.2 Å². The molecule has 6 nitrogen and oxygen atoms in total. The minimum Gasteiger partial charge on any atom is -0.497 e. The second-order valence-electron chi connectivity index (χ2n) is 5.49. The van der Waals surface area contributed by atoms with E-state index in [1.807, 2.05) is 16.8 Å². The summed E-state index contributed by atoms with van der Waals surface area (Å²) < 4.78 is 5.12. The largest absolute Gasteiger partial charge is 0.497 e. The minimum absolute atomic E-state index is 0.0681. The molecule has 0 aliphatic carbocycles. The summed E-state index contributed by atoms with van der Waals surface area (Å²) >= 11 is 2.99. The monoisotopic (exact) mass is 387 g/mol. The van der Waals surface area contributed by atoms with Crippen molar-refractivity contribution in [2.45, 2.75) is 0 Å². The van der Waals surface area contributed by atoms with Gasteiger partial charge in [-0.15, -0.1) is 11.3 Å². The predicted octanol–water partition coefficient (Wildman–Crippen LogP) is 3.59. The third-order valence-electron chi connectivity index (χ3n) is 3.57. The number of carbonyl (C=O) groups excluding carboxylic acids is 2. The number of amides is 2. The molecule has 0 aliphatic heterocycles. The Kier molecular flexibility index (Phi) is 5.65. The zero-order chi connectivity index (χ0) is 18.5. The lowest BCUT2D eigenvalue weighted by atomic mass is 10.3. The van der Waals surface area contributed by atoms with E-state index in [0.717, 1.165) is 10.6 Å². The Balaban J connectivity index is 1.61.